The van der Waals surface area contributed by atoms with E-state index in [-0.39, 0.29) is 17.3 Å². The predicted molar refractivity (Wildman–Crippen MR) is 82.3 cm³/mol. The summed E-state index contributed by atoms with van der Waals surface area (Å²) in [6, 6.07) is 10.4. The second-order valence-electron chi connectivity index (χ2n) is 4.41. The molecule has 0 aliphatic rings. The summed E-state index contributed by atoms with van der Waals surface area (Å²) in [5.74, 6) is -0.753. The number of aromatic hydroxyl groups is 2. The van der Waals surface area contributed by atoms with Gasteiger partial charge in [-0.15, -0.1) is 10.2 Å². The maximum atomic E-state index is 13.1. The molecule has 0 fully saturated rings. The molecule has 1 aromatic heterocycles. The minimum Gasteiger partial charge on any atom is -0.504 e. The molecule has 3 aromatic rings. The highest BCUT2D eigenvalue weighted by Crippen LogP contribution is 2.33. The quantitative estimate of drug-likeness (QED) is 0.572. The summed E-state index contributed by atoms with van der Waals surface area (Å²) >= 11 is 1.22. The minimum atomic E-state index is -0.332. The molecular weight excluding hydrogens is 305 g/mol. The van der Waals surface area contributed by atoms with Crippen LogP contribution in [0, 0.1) is 5.82 Å². The van der Waals surface area contributed by atoms with Gasteiger partial charge in [0.15, 0.2) is 11.5 Å². The molecule has 0 saturated heterocycles. The largest absolute Gasteiger partial charge is 0.504 e. The third kappa shape index (κ3) is 3.09. The summed E-state index contributed by atoms with van der Waals surface area (Å²) in [6.07, 6.45) is 1.50. The number of halogens is 1. The van der Waals surface area contributed by atoms with Crippen LogP contribution in [-0.2, 0) is 0 Å². The van der Waals surface area contributed by atoms with Gasteiger partial charge in [0.25, 0.3) is 0 Å². The molecule has 3 rings (SSSR count). The van der Waals surface area contributed by atoms with Crippen LogP contribution >= 0.6 is 11.3 Å². The Kier molecular flexibility index (Phi) is 3.80. The maximum Gasteiger partial charge on any atom is 0.231 e. The summed E-state index contributed by atoms with van der Waals surface area (Å²) in [5, 5.41) is 27.6. The van der Waals surface area contributed by atoms with Crippen LogP contribution < -0.4 is 0 Å². The Morgan fingerprint density at radius 2 is 1.91 bits per heavy atom. The van der Waals surface area contributed by atoms with Gasteiger partial charge in [-0.05, 0) is 35.9 Å². The van der Waals surface area contributed by atoms with Gasteiger partial charge in [0, 0.05) is 11.8 Å². The molecule has 5 nitrogen and oxygen atoms in total. The lowest BCUT2D eigenvalue weighted by molar-refractivity contribution is 0.404. The number of rotatable bonds is 3. The first-order chi connectivity index (χ1) is 10.6. The van der Waals surface area contributed by atoms with E-state index in [0.29, 0.717) is 21.3 Å². The van der Waals surface area contributed by atoms with Crippen LogP contribution in [-0.4, -0.2) is 26.6 Å². The fourth-order valence-electron chi connectivity index (χ4n) is 1.76. The van der Waals surface area contributed by atoms with Crippen molar-refractivity contribution in [2.45, 2.75) is 0 Å². The van der Waals surface area contributed by atoms with Crippen molar-refractivity contribution in [1.29, 1.82) is 0 Å². The van der Waals surface area contributed by atoms with Crippen LogP contribution in [0.3, 0.4) is 0 Å². The number of benzene rings is 2. The monoisotopic (exact) mass is 315 g/mol. The highest BCUT2D eigenvalue weighted by atomic mass is 32.1. The molecule has 0 aliphatic heterocycles. The third-order valence-electron chi connectivity index (χ3n) is 2.81. The van der Waals surface area contributed by atoms with Gasteiger partial charge in [0.2, 0.25) is 5.13 Å². The van der Waals surface area contributed by atoms with Gasteiger partial charge in [-0.2, -0.15) is 0 Å². The first-order valence-corrected chi connectivity index (χ1v) is 7.09. The smallest absolute Gasteiger partial charge is 0.231 e. The van der Waals surface area contributed by atoms with Crippen molar-refractivity contribution in [2.75, 3.05) is 0 Å². The summed E-state index contributed by atoms with van der Waals surface area (Å²) in [5.41, 5.74) is 1.25. The van der Waals surface area contributed by atoms with E-state index in [4.69, 9.17) is 0 Å². The molecule has 0 spiro atoms. The van der Waals surface area contributed by atoms with E-state index in [1.54, 1.807) is 18.2 Å². The number of phenols is 2. The Balaban J connectivity index is 1.83. The Morgan fingerprint density at radius 1 is 1.05 bits per heavy atom. The first kappa shape index (κ1) is 14.2. The van der Waals surface area contributed by atoms with Crippen molar-refractivity contribution >= 4 is 22.7 Å². The highest BCUT2D eigenvalue weighted by molar-refractivity contribution is 7.18. The molecule has 2 aromatic carbocycles. The fraction of sp³-hybridized carbons (Fsp3) is 0. The predicted octanol–water partition coefficient (Wildman–Crippen LogP) is 3.51. The van der Waals surface area contributed by atoms with Gasteiger partial charge in [0.05, 0.1) is 0 Å². The van der Waals surface area contributed by atoms with E-state index in [2.05, 4.69) is 15.2 Å². The average molecular weight is 315 g/mol. The average Bonchev–Trinajstić information content (AvgIpc) is 2.97. The van der Waals surface area contributed by atoms with Gasteiger partial charge in [-0.1, -0.05) is 23.5 Å². The highest BCUT2D eigenvalue weighted by Gasteiger charge is 2.08. The molecule has 0 radical (unpaired) electrons. The minimum absolute atomic E-state index is 0.197. The van der Waals surface area contributed by atoms with Crippen LogP contribution in [0.1, 0.15) is 5.56 Å². The van der Waals surface area contributed by atoms with E-state index in [1.807, 2.05) is 0 Å². The molecule has 0 amide bonds. The molecule has 0 atom stereocenters. The molecule has 22 heavy (non-hydrogen) atoms. The van der Waals surface area contributed by atoms with Crippen LogP contribution in [0.15, 0.2) is 47.5 Å². The lowest BCUT2D eigenvalue weighted by Gasteiger charge is -1.98. The zero-order valence-electron chi connectivity index (χ0n) is 11.1. The summed E-state index contributed by atoms with van der Waals surface area (Å²) in [6.45, 7) is 0. The number of phenolic OH excluding ortho intramolecular Hbond substituents is 2. The van der Waals surface area contributed by atoms with Crippen LogP contribution in [0.25, 0.3) is 10.6 Å². The van der Waals surface area contributed by atoms with Gasteiger partial charge >= 0.3 is 0 Å². The zero-order chi connectivity index (χ0) is 15.5. The lowest BCUT2D eigenvalue weighted by Crippen LogP contribution is -1.81. The topological polar surface area (TPSA) is 78.6 Å². The third-order valence-corrected chi connectivity index (χ3v) is 3.69. The number of aromatic nitrogens is 2. The molecule has 2 N–H and O–H groups in total. The SMILES string of the molecule is Oc1ccc(-c2nnc(N=Cc3cccc(F)c3)s2)cc1O. The Morgan fingerprint density at radius 3 is 2.68 bits per heavy atom. The van der Waals surface area contributed by atoms with Gasteiger partial charge < -0.3 is 10.2 Å². The number of hydrogen-bond acceptors (Lipinski definition) is 6. The van der Waals surface area contributed by atoms with E-state index in [0.717, 1.165) is 0 Å². The number of nitrogens with zero attached hydrogens (tertiary/aromatic N) is 3. The molecular formula is C15H10FN3O2S. The van der Waals surface area contributed by atoms with Crippen molar-refractivity contribution in [2.24, 2.45) is 4.99 Å². The van der Waals surface area contributed by atoms with Crippen molar-refractivity contribution < 1.29 is 14.6 Å². The van der Waals surface area contributed by atoms with E-state index in [9.17, 15) is 14.6 Å². The van der Waals surface area contributed by atoms with E-state index < -0.39 is 0 Å². The van der Waals surface area contributed by atoms with Crippen molar-refractivity contribution in [3.8, 4) is 22.1 Å². The molecule has 110 valence electrons. The maximum absolute atomic E-state index is 13.1. The van der Waals surface area contributed by atoms with Crippen molar-refractivity contribution in [3.63, 3.8) is 0 Å². The standard InChI is InChI=1S/C15H10FN3O2S/c16-11-3-1-2-9(6-11)8-17-15-19-18-14(22-15)10-4-5-12(20)13(21)7-10/h1-8,20-21H. The van der Waals surface area contributed by atoms with Crippen LogP contribution in [0.4, 0.5) is 9.52 Å². The van der Waals surface area contributed by atoms with Gasteiger partial charge in [-0.3, -0.25) is 0 Å². The lowest BCUT2D eigenvalue weighted by atomic mass is 10.2. The zero-order valence-corrected chi connectivity index (χ0v) is 12.0. The van der Waals surface area contributed by atoms with Crippen molar-refractivity contribution in [1.82, 2.24) is 10.2 Å². The Hall–Kier alpha value is -2.80. The summed E-state index contributed by atoms with van der Waals surface area (Å²) in [7, 11) is 0. The molecule has 0 unspecified atom stereocenters. The molecule has 0 bridgehead atoms. The van der Waals surface area contributed by atoms with Crippen LogP contribution in [0.2, 0.25) is 0 Å². The molecule has 7 heteroatoms. The summed E-state index contributed by atoms with van der Waals surface area (Å²) < 4.78 is 13.1. The second kappa shape index (κ2) is 5.90. The number of aliphatic imine (C=N–C) groups is 1. The molecule has 0 saturated carbocycles. The second-order valence-corrected chi connectivity index (χ2v) is 5.36. The van der Waals surface area contributed by atoms with E-state index in [1.165, 1.54) is 41.8 Å². The van der Waals surface area contributed by atoms with Gasteiger partial charge in [0.1, 0.15) is 10.8 Å². The first-order valence-electron chi connectivity index (χ1n) is 6.27. The van der Waals surface area contributed by atoms with Gasteiger partial charge in [-0.25, -0.2) is 9.38 Å². The fourth-order valence-corrected chi connectivity index (χ4v) is 2.44. The normalized spacial score (nSPS) is 11.1. The Labute approximate surface area is 129 Å². The van der Waals surface area contributed by atoms with Crippen molar-refractivity contribution in [3.05, 3.63) is 53.8 Å². The molecule has 0 aliphatic carbocycles. The van der Waals surface area contributed by atoms with Crippen LogP contribution in [0.5, 0.6) is 11.5 Å². The number of hydrogen-bond donors (Lipinski definition) is 2. The summed E-state index contributed by atoms with van der Waals surface area (Å²) in [4.78, 5) is 4.15. The molecule has 1 heterocycles. The van der Waals surface area contributed by atoms with E-state index >= 15 is 0 Å². The Bertz CT molecular complexity index is 848.